The Balaban J connectivity index is 1.31. The lowest BCUT2D eigenvalue weighted by molar-refractivity contribution is -0.117. The second-order valence-corrected chi connectivity index (χ2v) is 8.95. The van der Waals surface area contributed by atoms with Crippen molar-refractivity contribution in [3.8, 4) is 5.75 Å². The predicted octanol–water partition coefficient (Wildman–Crippen LogP) is 4.47. The minimum Gasteiger partial charge on any atom is -0.508 e. The molecule has 1 fully saturated rings. The smallest absolute Gasteiger partial charge is 0.224 e. The summed E-state index contributed by atoms with van der Waals surface area (Å²) in [4.78, 5) is 13.8. The first kappa shape index (κ1) is 21.5. The summed E-state index contributed by atoms with van der Waals surface area (Å²) in [7, 11) is 0. The van der Waals surface area contributed by atoms with Crippen molar-refractivity contribution < 1.29 is 14.4 Å². The van der Waals surface area contributed by atoms with Gasteiger partial charge in [0.2, 0.25) is 5.91 Å². The van der Waals surface area contributed by atoms with Gasteiger partial charge in [0.05, 0.1) is 11.4 Å². The average molecular weight is 438 g/mol. The number of nitrogens with one attached hydrogen (secondary N) is 2. The lowest BCUT2D eigenvalue weighted by atomic mass is 9.81. The molecular weight excluding hydrogens is 410 g/mol. The maximum Gasteiger partial charge on any atom is 0.224 e. The molecule has 1 aliphatic rings. The highest BCUT2D eigenvalue weighted by Gasteiger charge is 2.28. The number of aromatic nitrogens is 1. The van der Waals surface area contributed by atoms with Crippen LogP contribution in [0.15, 0.2) is 70.1 Å². The van der Waals surface area contributed by atoms with Gasteiger partial charge in [0.25, 0.3) is 0 Å². The molecule has 4 rings (SSSR count). The highest BCUT2D eigenvalue weighted by Crippen LogP contribution is 2.28. The summed E-state index contributed by atoms with van der Waals surface area (Å²) in [5.74, 6) is 2.33. The summed E-state index contributed by atoms with van der Waals surface area (Å²) >= 11 is 1.73. The molecule has 0 bridgehead atoms. The number of thioether (sulfide) groups is 1. The number of anilines is 1. The molecule has 0 radical (unpaired) electrons. The summed E-state index contributed by atoms with van der Waals surface area (Å²) in [5.41, 5.74) is 1.56. The Labute approximate surface area is 186 Å². The van der Waals surface area contributed by atoms with Crippen LogP contribution in [0.25, 0.3) is 0 Å². The first-order valence-corrected chi connectivity index (χ1v) is 11.6. The number of phenols is 1. The molecule has 1 amide bonds. The van der Waals surface area contributed by atoms with Crippen LogP contribution < -0.4 is 10.6 Å². The number of phenolic OH excluding ortho intramolecular Hbond substituents is 1. The van der Waals surface area contributed by atoms with Gasteiger partial charge >= 0.3 is 0 Å². The van der Waals surface area contributed by atoms with Crippen LogP contribution in [-0.4, -0.2) is 29.3 Å². The molecule has 7 heteroatoms. The molecule has 6 nitrogen and oxygen atoms in total. The number of hydrogen-bond acceptors (Lipinski definition) is 6. The van der Waals surface area contributed by atoms with Crippen LogP contribution in [0.3, 0.4) is 0 Å². The van der Waals surface area contributed by atoms with Crippen LogP contribution in [-0.2, 0) is 17.0 Å². The molecule has 0 spiro atoms. The van der Waals surface area contributed by atoms with E-state index in [1.165, 1.54) is 4.90 Å². The van der Waals surface area contributed by atoms with Crippen LogP contribution in [0, 0.1) is 11.8 Å². The quantitative estimate of drug-likeness (QED) is 0.451. The van der Waals surface area contributed by atoms with Crippen LogP contribution in [0.2, 0.25) is 0 Å². The largest absolute Gasteiger partial charge is 0.508 e. The Kier molecular flexibility index (Phi) is 7.27. The number of nitrogens with zero attached hydrogens (tertiary/aromatic N) is 1. The van der Waals surface area contributed by atoms with E-state index in [1.807, 2.05) is 24.3 Å². The van der Waals surface area contributed by atoms with Gasteiger partial charge in [-0.2, -0.15) is 0 Å². The lowest BCUT2D eigenvalue weighted by Gasteiger charge is -2.31. The Hall–Kier alpha value is -2.77. The molecule has 3 N–H and O–H groups in total. The van der Waals surface area contributed by atoms with Crippen molar-refractivity contribution >= 4 is 23.4 Å². The normalized spacial score (nSPS) is 18.6. The van der Waals surface area contributed by atoms with Crippen LogP contribution in [0.4, 0.5) is 5.69 Å². The van der Waals surface area contributed by atoms with E-state index in [-0.39, 0.29) is 17.6 Å². The summed E-state index contributed by atoms with van der Waals surface area (Å²) in [5, 5.41) is 20.2. The molecule has 1 aromatic heterocycles. The maximum absolute atomic E-state index is 12.6. The third-order valence-electron chi connectivity index (χ3n) is 5.55. The van der Waals surface area contributed by atoms with Crippen molar-refractivity contribution in [2.24, 2.45) is 11.8 Å². The van der Waals surface area contributed by atoms with Gasteiger partial charge in [0, 0.05) is 29.1 Å². The van der Waals surface area contributed by atoms with Crippen LogP contribution in [0.1, 0.15) is 24.3 Å². The first-order chi connectivity index (χ1) is 15.2. The van der Waals surface area contributed by atoms with Gasteiger partial charge in [-0.05, 0) is 62.0 Å². The number of hydrogen-bond donors (Lipinski definition) is 3. The number of rotatable bonds is 8. The molecule has 2 atom stereocenters. The third kappa shape index (κ3) is 6.35. The van der Waals surface area contributed by atoms with Gasteiger partial charge in [-0.25, -0.2) is 0 Å². The Morgan fingerprint density at radius 1 is 1.16 bits per heavy atom. The maximum atomic E-state index is 12.6. The number of amides is 1. The Morgan fingerprint density at radius 2 is 2.03 bits per heavy atom. The van der Waals surface area contributed by atoms with Gasteiger partial charge < -0.3 is 20.3 Å². The number of piperidine rings is 1. The van der Waals surface area contributed by atoms with Gasteiger partial charge in [-0.15, -0.1) is 11.8 Å². The summed E-state index contributed by atoms with van der Waals surface area (Å²) < 4.78 is 5.54. The second-order valence-electron chi connectivity index (χ2n) is 7.91. The highest BCUT2D eigenvalue weighted by molar-refractivity contribution is 7.98. The fraction of sp³-hybridized carbons (Fsp3) is 0.333. The molecular formula is C24H27N3O3S. The molecule has 31 heavy (non-hydrogen) atoms. The van der Waals surface area contributed by atoms with Crippen LogP contribution in [0.5, 0.6) is 5.75 Å². The summed E-state index contributed by atoms with van der Waals surface area (Å²) in [6.07, 6.45) is 2.19. The van der Waals surface area contributed by atoms with E-state index >= 15 is 0 Å². The highest BCUT2D eigenvalue weighted by atomic mass is 32.2. The number of carbonyl (C=O) groups excluding carboxylic acids is 1. The van der Waals surface area contributed by atoms with E-state index in [9.17, 15) is 9.90 Å². The number of carbonyl (C=O) groups is 1. The predicted molar refractivity (Wildman–Crippen MR) is 122 cm³/mol. The van der Waals surface area contributed by atoms with Gasteiger partial charge in [-0.3, -0.25) is 4.79 Å². The zero-order chi connectivity index (χ0) is 21.5. The third-order valence-corrected chi connectivity index (χ3v) is 6.58. The molecule has 2 aromatic carbocycles. The van der Waals surface area contributed by atoms with Crippen molar-refractivity contribution in [2.45, 2.75) is 29.9 Å². The topological polar surface area (TPSA) is 87.4 Å². The zero-order valence-corrected chi connectivity index (χ0v) is 18.1. The average Bonchev–Trinajstić information content (AvgIpc) is 3.22. The van der Waals surface area contributed by atoms with E-state index < -0.39 is 0 Å². The Bertz CT molecular complexity index is 992. The van der Waals surface area contributed by atoms with Gasteiger partial charge in [0.15, 0.2) is 0 Å². The summed E-state index contributed by atoms with van der Waals surface area (Å²) in [6, 6.07) is 18.9. The lowest BCUT2D eigenvalue weighted by Crippen LogP contribution is -2.39. The van der Waals surface area contributed by atoms with Crippen LogP contribution >= 0.6 is 11.8 Å². The fourth-order valence-electron chi connectivity index (χ4n) is 3.98. The first-order valence-electron chi connectivity index (χ1n) is 10.6. The minimum atomic E-state index is -0.0254. The van der Waals surface area contributed by atoms with Gasteiger partial charge in [-0.1, -0.05) is 29.4 Å². The molecule has 162 valence electrons. The van der Waals surface area contributed by atoms with Gasteiger partial charge in [0.1, 0.15) is 11.5 Å². The molecule has 1 saturated heterocycles. The molecule has 1 aliphatic heterocycles. The standard InChI is InChI=1S/C24H27N3O3S/c28-21-6-4-5-19(13-21)26-24(29)12-17-9-10-25-15-18(17)11-20-14-22(30-27-20)16-31-23-7-2-1-3-8-23/h1-8,13-14,17-18,25,28H,9-12,15-16H2,(H,26,29)/t17-,18-/m0/s1. The van der Waals surface area contributed by atoms with Crippen molar-refractivity contribution in [3.63, 3.8) is 0 Å². The monoisotopic (exact) mass is 437 g/mol. The molecule has 0 saturated carbocycles. The fourth-order valence-corrected chi connectivity index (χ4v) is 4.77. The number of aromatic hydroxyl groups is 1. The Morgan fingerprint density at radius 3 is 2.87 bits per heavy atom. The molecule has 3 aromatic rings. The minimum absolute atomic E-state index is 0.0254. The molecule has 2 heterocycles. The zero-order valence-electron chi connectivity index (χ0n) is 17.3. The van der Waals surface area contributed by atoms with E-state index in [1.54, 1.807) is 36.0 Å². The van der Waals surface area contributed by atoms with E-state index in [2.05, 4.69) is 27.9 Å². The van der Waals surface area contributed by atoms with Crippen molar-refractivity contribution in [2.75, 3.05) is 18.4 Å². The van der Waals surface area contributed by atoms with E-state index in [0.29, 0.717) is 18.0 Å². The SMILES string of the molecule is O=C(C[C@@H]1CCNC[C@@H]1Cc1cc(CSc2ccccc2)on1)Nc1cccc(O)c1. The molecule has 0 aliphatic carbocycles. The van der Waals surface area contributed by atoms with Crippen molar-refractivity contribution in [1.29, 1.82) is 0 Å². The van der Waals surface area contributed by atoms with Crippen molar-refractivity contribution in [3.05, 3.63) is 72.1 Å². The summed E-state index contributed by atoms with van der Waals surface area (Å²) in [6.45, 7) is 1.78. The van der Waals surface area contributed by atoms with E-state index in [0.717, 1.165) is 43.1 Å². The molecule has 0 unspecified atom stereocenters. The van der Waals surface area contributed by atoms with Crippen molar-refractivity contribution in [1.82, 2.24) is 10.5 Å². The van der Waals surface area contributed by atoms with E-state index in [4.69, 9.17) is 4.52 Å². The number of benzene rings is 2. The second kappa shape index (κ2) is 10.5.